The van der Waals surface area contributed by atoms with Gasteiger partial charge in [-0.3, -0.25) is 14.4 Å². The van der Waals surface area contributed by atoms with E-state index in [2.05, 4.69) is 16.0 Å². The van der Waals surface area contributed by atoms with Crippen molar-refractivity contribution in [1.82, 2.24) is 16.0 Å². The molecule has 1 aliphatic heterocycles. The van der Waals surface area contributed by atoms with Crippen LogP contribution in [0.25, 0.3) is 0 Å². The third-order valence-corrected chi connectivity index (χ3v) is 5.59. The van der Waals surface area contributed by atoms with Crippen molar-refractivity contribution in [3.05, 3.63) is 65.2 Å². The van der Waals surface area contributed by atoms with Gasteiger partial charge in [-0.25, -0.2) is 0 Å². The summed E-state index contributed by atoms with van der Waals surface area (Å²) >= 11 is 0. The maximum atomic E-state index is 13.2. The van der Waals surface area contributed by atoms with Crippen molar-refractivity contribution in [2.24, 2.45) is 5.92 Å². The molecule has 170 valence electrons. The number of aryl methyl sites for hydroxylation is 1. The second-order valence-electron chi connectivity index (χ2n) is 8.35. The predicted octanol–water partition coefficient (Wildman–Crippen LogP) is 2.24. The molecule has 0 bridgehead atoms. The number of carbonyl (C=O) groups is 3. The minimum atomic E-state index is -0.836. The largest absolute Gasteiger partial charge is 0.491 e. The van der Waals surface area contributed by atoms with Crippen molar-refractivity contribution in [3.8, 4) is 5.75 Å². The Labute approximate surface area is 188 Å². The average Bonchev–Trinajstić information content (AvgIpc) is 2.80. The molecule has 3 rings (SSSR count). The van der Waals surface area contributed by atoms with Crippen molar-refractivity contribution >= 4 is 17.7 Å². The highest BCUT2D eigenvalue weighted by Crippen LogP contribution is 2.22. The maximum Gasteiger partial charge on any atom is 0.255 e. The molecule has 7 heteroatoms. The zero-order valence-electron chi connectivity index (χ0n) is 18.8. The Bertz CT molecular complexity index is 959. The SMILES string of the molecule is CCc1ccc2c(c1)C(=O)N[C@@H](Cc1ccccc1)C(=O)NCC(=O)N[C@@H](C(C)C)CO2. The van der Waals surface area contributed by atoms with Crippen molar-refractivity contribution in [2.75, 3.05) is 13.2 Å². The number of carbonyl (C=O) groups excluding carboxylic acids is 3. The van der Waals surface area contributed by atoms with E-state index in [4.69, 9.17) is 4.74 Å². The summed E-state index contributed by atoms with van der Waals surface area (Å²) in [5.41, 5.74) is 2.27. The van der Waals surface area contributed by atoms with E-state index in [9.17, 15) is 14.4 Å². The second kappa shape index (κ2) is 10.8. The number of rotatable bonds is 4. The van der Waals surface area contributed by atoms with Crippen LogP contribution in [0.4, 0.5) is 0 Å². The maximum absolute atomic E-state index is 13.2. The van der Waals surface area contributed by atoms with E-state index in [0.717, 1.165) is 17.5 Å². The molecule has 0 spiro atoms. The number of hydrogen-bond donors (Lipinski definition) is 3. The Kier molecular flexibility index (Phi) is 7.87. The molecule has 7 nitrogen and oxygen atoms in total. The van der Waals surface area contributed by atoms with E-state index in [1.165, 1.54) is 0 Å². The molecule has 1 aliphatic rings. The molecule has 0 aromatic heterocycles. The summed E-state index contributed by atoms with van der Waals surface area (Å²) in [7, 11) is 0. The zero-order valence-corrected chi connectivity index (χ0v) is 18.8. The van der Waals surface area contributed by atoms with E-state index in [1.807, 2.05) is 57.2 Å². The van der Waals surface area contributed by atoms with Crippen LogP contribution >= 0.6 is 0 Å². The molecular weight excluding hydrogens is 406 g/mol. The molecule has 0 saturated heterocycles. The summed E-state index contributed by atoms with van der Waals surface area (Å²) in [5, 5.41) is 8.43. The molecule has 0 radical (unpaired) electrons. The summed E-state index contributed by atoms with van der Waals surface area (Å²) in [5.74, 6) is -0.556. The van der Waals surface area contributed by atoms with Gasteiger partial charge in [0.15, 0.2) is 0 Å². The Morgan fingerprint density at radius 1 is 1.00 bits per heavy atom. The van der Waals surface area contributed by atoms with Crippen LogP contribution in [0.1, 0.15) is 42.3 Å². The highest BCUT2D eigenvalue weighted by atomic mass is 16.5. The van der Waals surface area contributed by atoms with Crippen LogP contribution in [0.3, 0.4) is 0 Å². The fraction of sp³-hybridized carbons (Fsp3) is 0.400. The fourth-order valence-corrected chi connectivity index (χ4v) is 3.52. The number of ether oxygens (including phenoxy) is 1. The van der Waals surface area contributed by atoms with Crippen molar-refractivity contribution in [2.45, 2.75) is 45.7 Å². The fourth-order valence-electron chi connectivity index (χ4n) is 3.52. The number of benzene rings is 2. The highest BCUT2D eigenvalue weighted by molar-refractivity contribution is 6.00. The molecule has 2 atom stereocenters. The molecule has 3 amide bonds. The molecule has 0 fully saturated rings. The molecule has 2 aromatic rings. The zero-order chi connectivity index (χ0) is 23.1. The smallest absolute Gasteiger partial charge is 0.255 e. The van der Waals surface area contributed by atoms with Crippen molar-refractivity contribution < 1.29 is 19.1 Å². The Balaban J connectivity index is 1.95. The van der Waals surface area contributed by atoms with Crippen LogP contribution < -0.4 is 20.7 Å². The second-order valence-corrected chi connectivity index (χ2v) is 8.35. The van der Waals surface area contributed by atoms with Crippen LogP contribution in [-0.2, 0) is 22.4 Å². The van der Waals surface area contributed by atoms with Crippen LogP contribution in [0.5, 0.6) is 5.75 Å². The minimum Gasteiger partial charge on any atom is -0.491 e. The summed E-state index contributed by atoms with van der Waals surface area (Å²) in [4.78, 5) is 38.6. The average molecular weight is 438 g/mol. The first-order valence-corrected chi connectivity index (χ1v) is 11.0. The van der Waals surface area contributed by atoms with Crippen LogP contribution in [0.2, 0.25) is 0 Å². The summed E-state index contributed by atoms with van der Waals surface area (Å²) < 4.78 is 5.99. The van der Waals surface area contributed by atoms with Gasteiger partial charge in [0, 0.05) is 6.42 Å². The molecule has 2 aromatic carbocycles. The number of nitrogens with one attached hydrogen (secondary N) is 3. The van der Waals surface area contributed by atoms with Crippen LogP contribution in [0.15, 0.2) is 48.5 Å². The molecule has 0 unspecified atom stereocenters. The number of hydrogen-bond acceptors (Lipinski definition) is 4. The van der Waals surface area contributed by atoms with Gasteiger partial charge in [-0.1, -0.05) is 57.2 Å². The van der Waals surface area contributed by atoms with E-state index in [-0.39, 0.29) is 36.9 Å². The highest BCUT2D eigenvalue weighted by Gasteiger charge is 2.26. The molecule has 32 heavy (non-hydrogen) atoms. The lowest BCUT2D eigenvalue weighted by molar-refractivity contribution is -0.127. The van der Waals surface area contributed by atoms with E-state index in [1.54, 1.807) is 12.1 Å². The first-order valence-electron chi connectivity index (χ1n) is 11.0. The first-order chi connectivity index (χ1) is 15.4. The van der Waals surface area contributed by atoms with Crippen molar-refractivity contribution in [1.29, 1.82) is 0 Å². The van der Waals surface area contributed by atoms with Gasteiger partial charge in [-0.05, 0) is 35.6 Å². The van der Waals surface area contributed by atoms with Gasteiger partial charge in [-0.2, -0.15) is 0 Å². The van der Waals surface area contributed by atoms with Gasteiger partial charge < -0.3 is 20.7 Å². The molecule has 0 saturated carbocycles. The van der Waals surface area contributed by atoms with Gasteiger partial charge in [0.25, 0.3) is 5.91 Å². The Hall–Kier alpha value is -3.35. The third-order valence-electron chi connectivity index (χ3n) is 5.59. The monoisotopic (exact) mass is 437 g/mol. The minimum absolute atomic E-state index is 0.109. The van der Waals surface area contributed by atoms with Crippen molar-refractivity contribution in [3.63, 3.8) is 0 Å². The van der Waals surface area contributed by atoms with E-state index < -0.39 is 11.9 Å². The van der Waals surface area contributed by atoms with Gasteiger partial charge in [0.05, 0.1) is 18.2 Å². The molecule has 0 aliphatic carbocycles. The normalized spacial score (nSPS) is 19.9. The standard InChI is InChI=1S/C25H31N3O4/c1-4-17-10-11-22-19(12-17)24(30)28-20(13-18-8-6-5-7-9-18)25(31)26-14-23(29)27-21(15-32-22)16(2)3/h5-12,16,20-21H,4,13-15H2,1-3H3,(H,26,31)(H,27,29)(H,28,30)/t20-,21+/m0/s1. The lowest BCUT2D eigenvalue weighted by atomic mass is 10.0. The van der Waals surface area contributed by atoms with Gasteiger partial charge in [0.1, 0.15) is 18.4 Å². The number of amides is 3. The number of fused-ring (bicyclic) bond motifs is 1. The van der Waals surface area contributed by atoms with E-state index in [0.29, 0.717) is 17.7 Å². The molecule has 3 N–H and O–H groups in total. The third kappa shape index (κ3) is 6.09. The first kappa shape index (κ1) is 23.3. The summed E-state index contributed by atoms with van der Waals surface area (Å²) in [6.07, 6.45) is 1.07. The summed E-state index contributed by atoms with van der Waals surface area (Å²) in [6, 6.07) is 13.8. The van der Waals surface area contributed by atoms with Crippen LogP contribution in [0, 0.1) is 5.92 Å². The topological polar surface area (TPSA) is 96.5 Å². The molecular formula is C25H31N3O4. The summed E-state index contributed by atoms with van der Waals surface area (Å²) in [6.45, 7) is 6.02. The lowest BCUT2D eigenvalue weighted by Crippen LogP contribution is -2.51. The Morgan fingerprint density at radius 2 is 1.75 bits per heavy atom. The van der Waals surface area contributed by atoms with E-state index >= 15 is 0 Å². The van der Waals surface area contributed by atoms with Gasteiger partial charge in [-0.15, -0.1) is 0 Å². The van der Waals surface area contributed by atoms with Gasteiger partial charge in [0.2, 0.25) is 11.8 Å². The van der Waals surface area contributed by atoms with Gasteiger partial charge >= 0.3 is 0 Å². The van der Waals surface area contributed by atoms with Crippen LogP contribution in [-0.4, -0.2) is 43.0 Å². The molecule has 1 heterocycles. The lowest BCUT2D eigenvalue weighted by Gasteiger charge is -2.23. The Morgan fingerprint density at radius 3 is 2.44 bits per heavy atom. The quantitative estimate of drug-likeness (QED) is 0.684. The predicted molar refractivity (Wildman–Crippen MR) is 122 cm³/mol.